The zero-order chi connectivity index (χ0) is 36.4. The zero-order valence-electron chi connectivity index (χ0n) is 27.3. The molecule has 3 aromatic carbocycles. The summed E-state index contributed by atoms with van der Waals surface area (Å²) in [6.45, 7) is 5.35. The maximum atomic E-state index is 12.5. The molecule has 2 atom stereocenters. The maximum Gasteiger partial charge on any atom is 0.337 e. The van der Waals surface area contributed by atoms with Gasteiger partial charge in [0.15, 0.2) is 29.2 Å². The normalized spacial score (nSPS) is 14.7. The number of nitrogens with zero attached hydrogens (tertiary/aromatic N) is 3. The van der Waals surface area contributed by atoms with Gasteiger partial charge in [-0.05, 0) is 68.3 Å². The smallest absolute Gasteiger partial charge is 0.337 e. The molecule has 0 aromatic heterocycles. The molecule has 4 rings (SSSR count). The summed E-state index contributed by atoms with van der Waals surface area (Å²) in [5.41, 5.74) is 3.11. The largest absolute Gasteiger partial charge is 0.490 e. The molecule has 0 aliphatic carbocycles. The van der Waals surface area contributed by atoms with E-state index in [1.165, 1.54) is 19.4 Å². The van der Waals surface area contributed by atoms with Gasteiger partial charge in [-0.2, -0.15) is 5.10 Å². The summed E-state index contributed by atoms with van der Waals surface area (Å²) >= 11 is 0. The minimum atomic E-state index is -1.27. The number of nitro groups is 2. The van der Waals surface area contributed by atoms with E-state index in [4.69, 9.17) is 23.7 Å². The quantitative estimate of drug-likeness (QED) is 0.0541. The second kappa shape index (κ2) is 16.6. The van der Waals surface area contributed by atoms with E-state index >= 15 is 0 Å². The average molecular weight is 695 g/mol. The van der Waals surface area contributed by atoms with E-state index in [0.29, 0.717) is 22.6 Å². The topological polar surface area (TPSA) is 235 Å². The number of hydrogen-bond donors (Lipinski definition) is 4. The Balaban J connectivity index is 1.42. The molecule has 0 radical (unpaired) electrons. The van der Waals surface area contributed by atoms with Gasteiger partial charge >= 0.3 is 17.7 Å². The summed E-state index contributed by atoms with van der Waals surface area (Å²) in [6, 6.07) is 11.2. The number of aliphatic hydroxyl groups excluding tert-OH is 1. The molecule has 1 heterocycles. The van der Waals surface area contributed by atoms with Crippen LogP contribution < -0.4 is 35.0 Å². The zero-order valence-corrected chi connectivity index (χ0v) is 27.3. The van der Waals surface area contributed by atoms with Crippen LogP contribution in [0.1, 0.15) is 37.9 Å². The van der Waals surface area contributed by atoms with Crippen molar-refractivity contribution in [3.63, 3.8) is 0 Å². The molecular formula is C32H34N6O12. The first-order chi connectivity index (χ1) is 23.9. The molecule has 2 amide bonds. The number of methoxy groups -OCH3 is 1. The van der Waals surface area contributed by atoms with E-state index in [0.717, 1.165) is 18.2 Å². The number of nitrogens with one attached hydrogen (secondary N) is 3. The number of benzene rings is 3. The molecule has 0 bridgehead atoms. The fraction of sp³-hybridized carbons (Fsp3) is 0.281. The maximum absolute atomic E-state index is 12.5. The standard InChI is InChI=1S/C32H34N6O12/c1-5-47-26-13-19(7-10-25(26)50-23-12-9-21(37(42)43)15-22(23)38(44)45)16-33-36-28(39)17-49-24-11-8-20(14-27(24)48-6-2)30-29(31(40)46-4)18(3)34-32(41)35-30/h7-16,28,30,36,39H,5-6,17H2,1-4H3,(H2,34,35,41)/b33-16+/t28-,30+/m0/s1. The van der Waals surface area contributed by atoms with E-state index in [1.807, 2.05) is 0 Å². The van der Waals surface area contributed by atoms with Gasteiger partial charge in [-0.25, -0.2) is 9.59 Å². The molecule has 18 nitrogen and oxygen atoms in total. The van der Waals surface area contributed by atoms with Crippen LogP contribution in [0.15, 0.2) is 71.0 Å². The number of urea groups is 1. The fourth-order valence-corrected chi connectivity index (χ4v) is 4.74. The second-order valence-electron chi connectivity index (χ2n) is 10.3. The van der Waals surface area contributed by atoms with Crippen LogP contribution in [0.25, 0.3) is 0 Å². The van der Waals surface area contributed by atoms with Gasteiger partial charge in [-0.1, -0.05) is 6.07 Å². The van der Waals surface area contributed by atoms with Gasteiger partial charge in [0.2, 0.25) is 5.75 Å². The minimum absolute atomic E-state index is 0.119. The van der Waals surface area contributed by atoms with E-state index in [2.05, 4.69) is 21.2 Å². The van der Waals surface area contributed by atoms with Crippen LogP contribution in [0.4, 0.5) is 16.2 Å². The highest BCUT2D eigenvalue weighted by atomic mass is 16.6. The summed E-state index contributed by atoms with van der Waals surface area (Å²) < 4.78 is 27.7. The summed E-state index contributed by atoms with van der Waals surface area (Å²) in [6.07, 6.45) is 0.115. The predicted octanol–water partition coefficient (Wildman–Crippen LogP) is 4.21. The molecule has 0 spiro atoms. The summed E-state index contributed by atoms with van der Waals surface area (Å²) in [4.78, 5) is 45.7. The van der Waals surface area contributed by atoms with Gasteiger partial charge in [-0.15, -0.1) is 0 Å². The second-order valence-corrected chi connectivity index (χ2v) is 10.3. The lowest BCUT2D eigenvalue weighted by molar-refractivity contribution is -0.394. The van der Waals surface area contributed by atoms with E-state index in [9.17, 15) is 34.9 Å². The molecule has 4 N–H and O–H groups in total. The highest BCUT2D eigenvalue weighted by Crippen LogP contribution is 2.39. The number of amides is 2. The lowest BCUT2D eigenvalue weighted by Crippen LogP contribution is -2.45. The number of esters is 1. The van der Waals surface area contributed by atoms with Crippen LogP contribution in [0, 0.1) is 20.2 Å². The number of non-ortho nitro benzene ring substituents is 1. The van der Waals surface area contributed by atoms with Crippen molar-refractivity contribution in [1.29, 1.82) is 0 Å². The minimum Gasteiger partial charge on any atom is -0.490 e. The number of rotatable bonds is 16. The first kappa shape index (κ1) is 36.4. The number of hydrazone groups is 1. The molecule has 50 heavy (non-hydrogen) atoms. The van der Waals surface area contributed by atoms with Crippen molar-refractivity contribution < 1.29 is 48.2 Å². The Morgan fingerprint density at radius 1 is 0.960 bits per heavy atom. The summed E-state index contributed by atoms with van der Waals surface area (Å²) in [7, 11) is 1.24. The molecule has 0 fully saturated rings. The Morgan fingerprint density at radius 3 is 2.30 bits per heavy atom. The number of ether oxygens (including phenoxy) is 5. The van der Waals surface area contributed by atoms with Crippen LogP contribution in [0.2, 0.25) is 0 Å². The van der Waals surface area contributed by atoms with Gasteiger partial charge in [-0.3, -0.25) is 25.7 Å². The number of allylic oxidation sites excluding steroid dienone is 1. The first-order valence-corrected chi connectivity index (χ1v) is 15.1. The molecule has 18 heteroatoms. The third kappa shape index (κ3) is 8.92. The van der Waals surface area contributed by atoms with Gasteiger partial charge in [0.05, 0.1) is 54.1 Å². The van der Waals surface area contributed by atoms with Crippen molar-refractivity contribution >= 4 is 29.6 Å². The number of carbonyl (C=O) groups excluding carboxylic acids is 2. The molecule has 0 saturated carbocycles. The number of hydrogen-bond acceptors (Lipinski definition) is 14. The van der Waals surface area contributed by atoms with E-state index < -0.39 is 45.5 Å². The average Bonchev–Trinajstić information content (AvgIpc) is 3.08. The van der Waals surface area contributed by atoms with Crippen LogP contribution in [-0.2, 0) is 9.53 Å². The van der Waals surface area contributed by atoms with Gasteiger partial charge in [0.25, 0.3) is 5.69 Å². The molecule has 264 valence electrons. The third-order valence-corrected chi connectivity index (χ3v) is 6.95. The lowest BCUT2D eigenvalue weighted by atomic mass is 9.95. The molecule has 0 saturated heterocycles. The van der Waals surface area contributed by atoms with Crippen LogP contribution >= 0.6 is 0 Å². The Morgan fingerprint density at radius 2 is 1.64 bits per heavy atom. The van der Waals surface area contributed by atoms with E-state index in [1.54, 1.807) is 51.1 Å². The highest BCUT2D eigenvalue weighted by molar-refractivity contribution is 5.95. The number of aliphatic hydroxyl groups is 1. The van der Waals surface area contributed by atoms with Crippen molar-refractivity contribution in [2.45, 2.75) is 33.0 Å². The van der Waals surface area contributed by atoms with Crippen molar-refractivity contribution in [2.24, 2.45) is 5.10 Å². The summed E-state index contributed by atoms with van der Waals surface area (Å²) in [5.74, 6) is 0.0964. The third-order valence-electron chi connectivity index (χ3n) is 6.95. The lowest BCUT2D eigenvalue weighted by Gasteiger charge is -2.28. The Hall–Kier alpha value is -6.43. The Labute approximate surface area is 284 Å². The van der Waals surface area contributed by atoms with Crippen LogP contribution in [-0.4, -0.2) is 66.3 Å². The summed E-state index contributed by atoms with van der Waals surface area (Å²) in [5, 5.41) is 42.3. The van der Waals surface area contributed by atoms with Crippen molar-refractivity contribution in [3.05, 3.63) is 97.2 Å². The SMILES string of the molecule is CCOc1cc([C@H]2NC(=O)NC(C)=C2C(=O)OC)ccc1OC[C@H](O)N/N=C/c1ccc(Oc2ccc([N+](=O)[O-])cc2[N+](=O)[O-])c(OCC)c1. The molecule has 1 aliphatic heterocycles. The van der Waals surface area contributed by atoms with Crippen LogP contribution in [0.3, 0.4) is 0 Å². The predicted molar refractivity (Wildman–Crippen MR) is 176 cm³/mol. The van der Waals surface area contributed by atoms with Crippen molar-refractivity contribution in [2.75, 3.05) is 26.9 Å². The Kier molecular flexibility index (Phi) is 12.1. The molecule has 0 unspecified atom stereocenters. The van der Waals surface area contributed by atoms with Crippen molar-refractivity contribution in [1.82, 2.24) is 16.1 Å². The first-order valence-electron chi connectivity index (χ1n) is 15.1. The van der Waals surface area contributed by atoms with Gasteiger partial charge < -0.3 is 39.4 Å². The Bertz CT molecular complexity index is 1830. The van der Waals surface area contributed by atoms with Crippen molar-refractivity contribution in [3.8, 4) is 28.7 Å². The highest BCUT2D eigenvalue weighted by Gasteiger charge is 2.32. The molecule has 3 aromatic rings. The fourth-order valence-electron chi connectivity index (χ4n) is 4.74. The molecule has 1 aliphatic rings. The van der Waals surface area contributed by atoms with Gasteiger partial charge in [0.1, 0.15) is 6.61 Å². The van der Waals surface area contributed by atoms with Gasteiger partial charge in [0, 0.05) is 11.8 Å². The van der Waals surface area contributed by atoms with E-state index in [-0.39, 0.29) is 48.4 Å². The molecular weight excluding hydrogens is 660 g/mol. The number of nitro benzene ring substituents is 2. The monoisotopic (exact) mass is 694 g/mol. The number of carbonyl (C=O) groups is 2. The van der Waals surface area contributed by atoms with Crippen LogP contribution in [0.5, 0.6) is 28.7 Å².